The van der Waals surface area contributed by atoms with Crippen molar-refractivity contribution in [2.75, 3.05) is 12.8 Å². The second-order valence-electron chi connectivity index (χ2n) is 3.88. The van der Waals surface area contributed by atoms with Gasteiger partial charge in [-0.2, -0.15) is 0 Å². The average molecular weight is 328 g/mol. The van der Waals surface area contributed by atoms with Crippen molar-refractivity contribution in [3.8, 4) is 0 Å². The summed E-state index contributed by atoms with van der Waals surface area (Å²) in [6, 6.07) is 5.63. The highest BCUT2D eigenvalue weighted by molar-refractivity contribution is 9.10. The summed E-state index contributed by atoms with van der Waals surface area (Å²) in [5.41, 5.74) is 5.62. The molecule has 0 saturated heterocycles. The van der Waals surface area contributed by atoms with Crippen molar-refractivity contribution in [2.45, 2.75) is 6.61 Å². The summed E-state index contributed by atoms with van der Waals surface area (Å²) in [5.74, 6) is -0.264. The molecule has 0 atom stereocenters. The van der Waals surface area contributed by atoms with Crippen LogP contribution in [0.2, 0.25) is 0 Å². The Morgan fingerprint density at radius 1 is 1.47 bits per heavy atom. The second-order valence-corrected chi connectivity index (χ2v) is 4.74. The number of methoxy groups -OCH3 is 1. The van der Waals surface area contributed by atoms with E-state index >= 15 is 0 Å². The molecular weight excluding hydrogens is 317 g/mol. The van der Waals surface area contributed by atoms with Crippen molar-refractivity contribution in [3.05, 3.63) is 51.6 Å². The molecule has 0 amide bonds. The summed E-state index contributed by atoms with van der Waals surface area (Å²) in [6.07, 6.45) is 0. The number of furan rings is 1. The van der Waals surface area contributed by atoms with Crippen molar-refractivity contribution < 1.29 is 18.3 Å². The smallest absolute Gasteiger partial charge is 0.229 e. The summed E-state index contributed by atoms with van der Waals surface area (Å²) in [6.45, 7) is 0.278. The number of halogens is 2. The lowest BCUT2D eigenvalue weighted by atomic mass is 10.1. The van der Waals surface area contributed by atoms with Crippen molar-refractivity contribution >= 4 is 27.4 Å². The Hall–Kier alpha value is -1.66. The fraction of sp³-hybridized carbons (Fsp3) is 0.154. The molecular formula is C13H11BrFNO3. The molecule has 6 heteroatoms. The molecule has 0 aliphatic carbocycles. The highest BCUT2D eigenvalue weighted by atomic mass is 79.9. The largest absolute Gasteiger partial charge is 0.455 e. The zero-order valence-electron chi connectivity index (χ0n) is 10.1. The molecule has 0 aliphatic rings. The predicted octanol–water partition coefficient (Wildman–Crippen LogP) is 3.14. The number of ether oxygens (including phenoxy) is 1. The molecule has 0 bridgehead atoms. The highest BCUT2D eigenvalue weighted by Gasteiger charge is 2.18. The molecule has 4 nitrogen and oxygen atoms in total. The van der Waals surface area contributed by atoms with Gasteiger partial charge in [0, 0.05) is 17.1 Å². The fourth-order valence-corrected chi connectivity index (χ4v) is 2.09. The monoisotopic (exact) mass is 327 g/mol. The van der Waals surface area contributed by atoms with Gasteiger partial charge in [0.2, 0.25) is 5.78 Å². The van der Waals surface area contributed by atoms with Crippen LogP contribution in [-0.2, 0) is 11.3 Å². The quantitative estimate of drug-likeness (QED) is 0.692. The van der Waals surface area contributed by atoms with Crippen LogP contribution in [0.1, 0.15) is 21.9 Å². The zero-order chi connectivity index (χ0) is 14.0. The van der Waals surface area contributed by atoms with Gasteiger partial charge in [-0.15, -0.1) is 0 Å². The third kappa shape index (κ3) is 2.85. The van der Waals surface area contributed by atoms with Crippen LogP contribution in [0.25, 0.3) is 0 Å². The topological polar surface area (TPSA) is 65.5 Å². The van der Waals surface area contributed by atoms with Crippen molar-refractivity contribution in [2.24, 2.45) is 0 Å². The first-order chi connectivity index (χ1) is 9.02. The van der Waals surface area contributed by atoms with E-state index in [0.717, 1.165) is 6.07 Å². The first kappa shape index (κ1) is 13.8. The maximum atomic E-state index is 13.2. The molecule has 0 aliphatic heterocycles. The SMILES string of the molecule is COCc1ccc(C(=O)c2cc(N)c(F)cc2Br)o1. The number of benzene rings is 1. The Labute approximate surface area is 117 Å². The van der Waals surface area contributed by atoms with Gasteiger partial charge in [-0.3, -0.25) is 4.79 Å². The molecule has 1 aromatic carbocycles. The minimum atomic E-state index is -0.581. The molecule has 0 fully saturated rings. The molecule has 1 heterocycles. The van der Waals surface area contributed by atoms with E-state index < -0.39 is 5.82 Å². The van der Waals surface area contributed by atoms with Crippen molar-refractivity contribution in [1.82, 2.24) is 0 Å². The van der Waals surface area contributed by atoms with E-state index in [1.165, 1.54) is 13.2 Å². The lowest BCUT2D eigenvalue weighted by Gasteiger charge is -2.04. The molecule has 1 aromatic heterocycles. The van der Waals surface area contributed by atoms with Crippen LogP contribution >= 0.6 is 15.9 Å². The highest BCUT2D eigenvalue weighted by Crippen LogP contribution is 2.25. The van der Waals surface area contributed by atoms with E-state index in [1.54, 1.807) is 12.1 Å². The second kappa shape index (κ2) is 5.54. The number of nitrogens with two attached hydrogens (primary N) is 1. The van der Waals surface area contributed by atoms with Crippen molar-refractivity contribution in [1.29, 1.82) is 0 Å². The van der Waals surface area contributed by atoms with Gasteiger partial charge < -0.3 is 14.9 Å². The van der Waals surface area contributed by atoms with E-state index in [-0.39, 0.29) is 29.4 Å². The van der Waals surface area contributed by atoms with Gasteiger partial charge in [0.1, 0.15) is 18.2 Å². The van der Waals surface area contributed by atoms with Crippen LogP contribution in [0.15, 0.2) is 33.2 Å². The standard InChI is InChI=1S/C13H11BrFNO3/c1-18-6-7-2-3-12(19-7)13(17)8-4-11(16)10(15)5-9(8)14/h2-5H,6,16H2,1H3. The maximum Gasteiger partial charge on any atom is 0.229 e. The fourth-order valence-electron chi connectivity index (χ4n) is 1.59. The van der Waals surface area contributed by atoms with Gasteiger partial charge in [-0.25, -0.2) is 4.39 Å². The molecule has 19 heavy (non-hydrogen) atoms. The molecule has 0 saturated carbocycles. The summed E-state index contributed by atoms with van der Waals surface area (Å²) >= 11 is 3.13. The van der Waals surface area contributed by atoms with E-state index in [9.17, 15) is 9.18 Å². The normalized spacial score (nSPS) is 10.7. The summed E-state index contributed by atoms with van der Waals surface area (Å²) < 4.78 is 23.8. The third-order valence-corrected chi connectivity index (χ3v) is 3.16. The summed E-state index contributed by atoms with van der Waals surface area (Å²) in [4.78, 5) is 12.2. The van der Waals surface area contributed by atoms with Gasteiger partial charge in [0.25, 0.3) is 0 Å². The summed E-state index contributed by atoms with van der Waals surface area (Å²) in [5, 5.41) is 0. The molecule has 100 valence electrons. The van der Waals surface area contributed by atoms with Crippen LogP contribution in [0.4, 0.5) is 10.1 Å². The van der Waals surface area contributed by atoms with Gasteiger partial charge in [0.05, 0.1) is 5.69 Å². The minimum absolute atomic E-state index is 0.0878. The number of anilines is 1. The maximum absolute atomic E-state index is 13.2. The molecule has 0 spiro atoms. The number of ketones is 1. The van der Waals surface area contributed by atoms with Gasteiger partial charge in [0.15, 0.2) is 5.76 Å². The van der Waals surface area contributed by atoms with Crippen LogP contribution in [0, 0.1) is 5.82 Å². The molecule has 0 radical (unpaired) electrons. The zero-order valence-corrected chi connectivity index (χ0v) is 11.7. The van der Waals surface area contributed by atoms with Crippen LogP contribution in [0.3, 0.4) is 0 Å². The van der Waals surface area contributed by atoms with E-state index in [4.69, 9.17) is 14.9 Å². The Kier molecular flexibility index (Phi) is 4.01. The van der Waals surface area contributed by atoms with E-state index in [0.29, 0.717) is 10.2 Å². The Balaban J connectivity index is 2.35. The molecule has 0 unspecified atom stereocenters. The number of hydrogen-bond donors (Lipinski definition) is 1. The first-order valence-corrected chi connectivity index (χ1v) is 6.19. The minimum Gasteiger partial charge on any atom is -0.455 e. The number of hydrogen-bond acceptors (Lipinski definition) is 4. The lowest BCUT2D eigenvalue weighted by Crippen LogP contribution is -2.03. The van der Waals surface area contributed by atoms with Gasteiger partial charge in [-0.1, -0.05) is 0 Å². The number of carbonyl (C=O) groups is 1. The molecule has 2 rings (SSSR count). The number of carbonyl (C=O) groups excluding carboxylic acids is 1. The molecule has 2 aromatic rings. The van der Waals surface area contributed by atoms with Crippen LogP contribution < -0.4 is 5.73 Å². The van der Waals surface area contributed by atoms with E-state index in [1.807, 2.05) is 0 Å². The van der Waals surface area contributed by atoms with Gasteiger partial charge in [-0.05, 0) is 40.2 Å². The average Bonchev–Trinajstić information content (AvgIpc) is 2.82. The third-order valence-electron chi connectivity index (χ3n) is 2.50. The molecule has 2 N–H and O–H groups in total. The van der Waals surface area contributed by atoms with Crippen LogP contribution in [-0.4, -0.2) is 12.9 Å². The first-order valence-electron chi connectivity index (χ1n) is 5.39. The Morgan fingerprint density at radius 2 is 2.21 bits per heavy atom. The van der Waals surface area contributed by atoms with Crippen molar-refractivity contribution in [3.63, 3.8) is 0 Å². The van der Waals surface area contributed by atoms with Gasteiger partial charge >= 0.3 is 0 Å². The Bertz CT molecular complexity index is 624. The van der Waals surface area contributed by atoms with E-state index in [2.05, 4.69) is 15.9 Å². The number of rotatable bonds is 4. The predicted molar refractivity (Wildman–Crippen MR) is 71.4 cm³/mol. The summed E-state index contributed by atoms with van der Waals surface area (Å²) in [7, 11) is 1.53. The number of nitrogen functional groups attached to an aromatic ring is 1. The lowest BCUT2D eigenvalue weighted by molar-refractivity contribution is 0.0999. The van der Waals surface area contributed by atoms with Crippen LogP contribution in [0.5, 0.6) is 0 Å². The Morgan fingerprint density at radius 3 is 2.89 bits per heavy atom.